The smallest absolute Gasteiger partial charge is 0.162 e. The van der Waals surface area contributed by atoms with E-state index in [4.69, 9.17) is 21.1 Å². The van der Waals surface area contributed by atoms with Crippen molar-refractivity contribution in [1.82, 2.24) is 0 Å². The molecule has 0 aliphatic rings. The maximum absolute atomic E-state index is 6.20. The Labute approximate surface area is 121 Å². The van der Waals surface area contributed by atoms with Gasteiger partial charge in [0, 0.05) is 18.7 Å². The van der Waals surface area contributed by atoms with Crippen LogP contribution in [0.25, 0.3) is 0 Å². The van der Waals surface area contributed by atoms with Gasteiger partial charge in [-0.05, 0) is 6.42 Å². The van der Waals surface area contributed by atoms with Crippen molar-refractivity contribution < 1.29 is 9.47 Å². The highest BCUT2D eigenvalue weighted by Crippen LogP contribution is 2.35. The summed E-state index contributed by atoms with van der Waals surface area (Å²) < 4.78 is 10.5. The zero-order valence-corrected chi connectivity index (χ0v) is 12.8. The first-order chi connectivity index (χ1) is 9.22. The summed E-state index contributed by atoms with van der Waals surface area (Å²) in [5.41, 5.74) is 0.898. The minimum absolute atomic E-state index is 0.654. The van der Waals surface area contributed by atoms with Crippen LogP contribution in [0.5, 0.6) is 11.5 Å². The average molecular weight is 286 g/mol. The first-order valence-electron chi connectivity index (χ1n) is 6.88. The summed E-state index contributed by atoms with van der Waals surface area (Å²) in [6, 6.07) is 3.66. The third-order valence-corrected chi connectivity index (χ3v) is 3.38. The van der Waals surface area contributed by atoms with Gasteiger partial charge in [0.05, 0.1) is 24.9 Å². The summed E-state index contributed by atoms with van der Waals surface area (Å²) in [4.78, 5) is 0. The second kappa shape index (κ2) is 8.92. The lowest BCUT2D eigenvalue weighted by Crippen LogP contribution is -2.03. The van der Waals surface area contributed by atoms with Gasteiger partial charge < -0.3 is 14.8 Å². The molecule has 0 saturated carbocycles. The molecule has 1 aromatic carbocycles. The average Bonchev–Trinajstić information content (AvgIpc) is 2.43. The molecule has 4 heteroatoms. The number of anilines is 1. The topological polar surface area (TPSA) is 30.5 Å². The summed E-state index contributed by atoms with van der Waals surface area (Å²) >= 11 is 6.20. The van der Waals surface area contributed by atoms with Crippen molar-refractivity contribution in [2.45, 2.75) is 39.0 Å². The fourth-order valence-electron chi connectivity index (χ4n) is 1.94. The SMILES string of the molecule is CCCCCCCNc1cc(OC)c(OC)cc1Cl. The van der Waals surface area contributed by atoms with Crippen LogP contribution in [-0.4, -0.2) is 20.8 Å². The summed E-state index contributed by atoms with van der Waals surface area (Å²) in [5, 5.41) is 4.01. The molecular formula is C15H24ClNO2. The van der Waals surface area contributed by atoms with Gasteiger partial charge in [-0.15, -0.1) is 0 Å². The fraction of sp³-hybridized carbons (Fsp3) is 0.600. The second-order valence-electron chi connectivity index (χ2n) is 4.53. The number of hydrogen-bond donors (Lipinski definition) is 1. The Morgan fingerprint density at radius 2 is 1.63 bits per heavy atom. The number of nitrogens with one attached hydrogen (secondary N) is 1. The predicted molar refractivity (Wildman–Crippen MR) is 81.8 cm³/mol. The van der Waals surface area contributed by atoms with E-state index in [0.717, 1.165) is 18.7 Å². The molecule has 0 saturated heterocycles. The van der Waals surface area contributed by atoms with Crippen LogP contribution < -0.4 is 14.8 Å². The first kappa shape index (κ1) is 16.0. The van der Waals surface area contributed by atoms with Crippen molar-refractivity contribution in [1.29, 1.82) is 0 Å². The van der Waals surface area contributed by atoms with Crippen LogP contribution >= 0.6 is 11.6 Å². The normalized spacial score (nSPS) is 10.3. The van der Waals surface area contributed by atoms with E-state index in [1.54, 1.807) is 20.3 Å². The highest BCUT2D eigenvalue weighted by atomic mass is 35.5. The number of unbranched alkanes of at least 4 members (excludes halogenated alkanes) is 4. The van der Waals surface area contributed by atoms with Crippen molar-refractivity contribution in [2.24, 2.45) is 0 Å². The van der Waals surface area contributed by atoms with Crippen LogP contribution in [0, 0.1) is 0 Å². The zero-order chi connectivity index (χ0) is 14.1. The standard InChI is InChI=1S/C15H24ClNO2/c1-4-5-6-7-8-9-17-13-11-15(19-3)14(18-2)10-12(13)16/h10-11,17H,4-9H2,1-3H3. The molecule has 0 aliphatic carbocycles. The molecule has 0 spiro atoms. The third-order valence-electron chi connectivity index (χ3n) is 3.07. The number of ether oxygens (including phenoxy) is 2. The zero-order valence-electron chi connectivity index (χ0n) is 12.1. The van der Waals surface area contributed by atoms with E-state index in [1.165, 1.54) is 25.7 Å². The number of rotatable bonds is 9. The van der Waals surface area contributed by atoms with Gasteiger partial charge in [0.25, 0.3) is 0 Å². The maximum Gasteiger partial charge on any atom is 0.162 e. The molecule has 1 rings (SSSR count). The molecule has 108 valence electrons. The highest BCUT2D eigenvalue weighted by Gasteiger charge is 2.09. The van der Waals surface area contributed by atoms with E-state index in [2.05, 4.69) is 12.2 Å². The molecular weight excluding hydrogens is 262 g/mol. The van der Waals surface area contributed by atoms with Crippen LogP contribution in [0.15, 0.2) is 12.1 Å². The third kappa shape index (κ3) is 5.19. The molecule has 0 aliphatic heterocycles. The molecule has 0 bridgehead atoms. The fourth-order valence-corrected chi connectivity index (χ4v) is 2.16. The molecule has 0 atom stereocenters. The van der Waals surface area contributed by atoms with E-state index in [9.17, 15) is 0 Å². The molecule has 0 aromatic heterocycles. The number of halogens is 1. The Morgan fingerprint density at radius 3 is 2.26 bits per heavy atom. The summed E-state index contributed by atoms with van der Waals surface area (Å²) in [6.07, 6.45) is 6.31. The van der Waals surface area contributed by atoms with Crippen molar-refractivity contribution in [3.05, 3.63) is 17.2 Å². The molecule has 1 N–H and O–H groups in total. The van der Waals surface area contributed by atoms with E-state index in [0.29, 0.717) is 16.5 Å². The highest BCUT2D eigenvalue weighted by molar-refractivity contribution is 6.33. The van der Waals surface area contributed by atoms with Gasteiger partial charge in [-0.3, -0.25) is 0 Å². The Balaban J connectivity index is 2.49. The molecule has 3 nitrogen and oxygen atoms in total. The predicted octanol–water partition coefficient (Wildman–Crippen LogP) is 4.74. The molecule has 0 radical (unpaired) electrons. The molecule has 0 heterocycles. The van der Waals surface area contributed by atoms with Crippen LogP contribution in [0.3, 0.4) is 0 Å². The van der Waals surface area contributed by atoms with E-state index in [1.807, 2.05) is 6.07 Å². The molecule has 19 heavy (non-hydrogen) atoms. The van der Waals surface area contributed by atoms with E-state index < -0.39 is 0 Å². The van der Waals surface area contributed by atoms with Gasteiger partial charge in [0.2, 0.25) is 0 Å². The van der Waals surface area contributed by atoms with Gasteiger partial charge in [-0.1, -0.05) is 44.2 Å². The van der Waals surface area contributed by atoms with Gasteiger partial charge in [0.1, 0.15) is 0 Å². The van der Waals surface area contributed by atoms with Crippen molar-refractivity contribution in [3.63, 3.8) is 0 Å². The van der Waals surface area contributed by atoms with E-state index in [-0.39, 0.29) is 0 Å². The Morgan fingerprint density at radius 1 is 1.00 bits per heavy atom. The minimum atomic E-state index is 0.654. The maximum atomic E-state index is 6.20. The van der Waals surface area contributed by atoms with Crippen molar-refractivity contribution in [2.75, 3.05) is 26.1 Å². The summed E-state index contributed by atoms with van der Waals surface area (Å²) in [6.45, 7) is 3.15. The number of methoxy groups -OCH3 is 2. The van der Waals surface area contributed by atoms with Crippen LogP contribution in [0.4, 0.5) is 5.69 Å². The van der Waals surface area contributed by atoms with Crippen molar-refractivity contribution in [3.8, 4) is 11.5 Å². The second-order valence-corrected chi connectivity index (χ2v) is 4.94. The van der Waals surface area contributed by atoms with Gasteiger partial charge in [-0.25, -0.2) is 0 Å². The molecule has 1 aromatic rings. The lowest BCUT2D eigenvalue weighted by molar-refractivity contribution is 0.355. The Kier molecular flexibility index (Phi) is 7.49. The van der Waals surface area contributed by atoms with E-state index >= 15 is 0 Å². The van der Waals surface area contributed by atoms with Gasteiger partial charge in [-0.2, -0.15) is 0 Å². The summed E-state index contributed by atoms with van der Waals surface area (Å²) in [7, 11) is 3.23. The number of benzene rings is 1. The lowest BCUT2D eigenvalue weighted by atomic mass is 10.1. The van der Waals surface area contributed by atoms with Gasteiger partial charge >= 0.3 is 0 Å². The molecule has 0 amide bonds. The monoisotopic (exact) mass is 285 g/mol. The van der Waals surface area contributed by atoms with Crippen LogP contribution in [-0.2, 0) is 0 Å². The molecule has 0 unspecified atom stereocenters. The quantitative estimate of drug-likeness (QED) is 0.665. The van der Waals surface area contributed by atoms with Crippen LogP contribution in [0.2, 0.25) is 5.02 Å². The Hall–Kier alpha value is -1.09. The van der Waals surface area contributed by atoms with Gasteiger partial charge in [0.15, 0.2) is 11.5 Å². The number of hydrogen-bond acceptors (Lipinski definition) is 3. The Bertz CT molecular complexity index is 383. The minimum Gasteiger partial charge on any atom is -0.493 e. The lowest BCUT2D eigenvalue weighted by Gasteiger charge is -2.13. The van der Waals surface area contributed by atoms with Crippen LogP contribution in [0.1, 0.15) is 39.0 Å². The molecule has 0 fully saturated rings. The van der Waals surface area contributed by atoms with Crippen molar-refractivity contribution >= 4 is 17.3 Å². The largest absolute Gasteiger partial charge is 0.493 e. The summed E-state index contributed by atoms with van der Waals surface area (Å²) in [5.74, 6) is 1.35. The first-order valence-corrected chi connectivity index (χ1v) is 7.26.